The maximum atomic E-state index is 11.8. The van der Waals surface area contributed by atoms with Crippen molar-refractivity contribution < 1.29 is 14.4 Å². The molecule has 2 N–H and O–H groups in total. The molecule has 0 bridgehead atoms. The van der Waals surface area contributed by atoms with Crippen LogP contribution in [0.25, 0.3) is 0 Å². The van der Waals surface area contributed by atoms with Gasteiger partial charge in [0.05, 0.1) is 23.6 Å². The van der Waals surface area contributed by atoms with E-state index in [1.807, 2.05) is 0 Å². The molecule has 1 aromatic rings. The molecule has 1 aliphatic heterocycles. The summed E-state index contributed by atoms with van der Waals surface area (Å²) in [6.45, 7) is 5.45. The maximum absolute atomic E-state index is 11.8. The second-order valence-corrected chi connectivity index (χ2v) is 7.41. The molecule has 1 amide bonds. The van der Waals surface area contributed by atoms with E-state index in [4.69, 9.17) is 16.3 Å². The van der Waals surface area contributed by atoms with Gasteiger partial charge in [-0.15, -0.1) is 0 Å². The number of likely N-dealkylation sites (tertiary alicyclic amines) is 1. The standard InChI is InChI=1S/C17H24BrClN2O2/c1-13-5-2-3-9-21(13)10-4-8-20-17(22)12-23-16-7-6-14(19)11-15(16)18/h6-7,11,13H,2-5,8-10,12H2,1H3,(H,20,22)/p+1/t13-/m0/s1. The Morgan fingerprint density at radius 1 is 1.48 bits per heavy atom. The summed E-state index contributed by atoms with van der Waals surface area (Å²) in [5, 5.41) is 3.55. The van der Waals surface area contributed by atoms with E-state index in [0.29, 0.717) is 17.3 Å². The van der Waals surface area contributed by atoms with Crippen LogP contribution >= 0.6 is 27.5 Å². The SMILES string of the molecule is C[C@H]1CCCC[NH+]1CCCNC(=O)COc1ccc(Cl)cc1Br. The van der Waals surface area contributed by atoms with E-state index in [0.717, 1.165) is 23.5 Å². The molecule has 2 rings (SSSR count). The van der Waals surface area contributed by atoms with E-state index in [2.05, 4.69) is 28.2 Å². The van der Waals surface area contributed by atoms with Gasteiger partial charge in [0.1, 0.15) is 5.75 Å². The molecule has 1 fully saturated rings. The molecule has 0 radical (unpaired) electrons. The van der Waals surface area contributed by atoms with Crippen LogP contribution < -0.4 is 15.0 Å². The summed E-state index contributed by atoms with van der Waals surface area (Å²) in [6, 6.07) is 5.99. The van der Waals surface area contributed by atoms with Crippen molar-refractivity contribution in [1.29, 1.82) is 0 Å². The summed E-state index contributed by atoms with van der Waals surface area (Å²) >= 11 is 9.24. The Balaban J connectivity index is 1.61. The Morgan fingerprint density at radius 2 is 2.30 bits per heavy atom. The van der Waals surface area contributed by atoms with Crippen molar-refractivity contribution >= 4 is 33.4 Å². The minimum Gasteiger partial charge on any atom is -0.483 e. The van der Waals surface area contributed by atoms with Gasteiger partial charge in [-0.1, -0.05) is 11.6 Å². The lowest BCUT2D eigenvalue weighted by Gasteiger charge is -2.30. The van der Waals surface area contributed by atoms with Crippen LogP contribution in [0, 0.1) is 0 Å². The van der Waals surface area contributed by atoms with Crippen LogP contribution in [0.4, 0.5) is 0 Å². The van der Waals surface area contributed by atoms with Crippen molar-refractivity contribution in [3.63, 3.8) is 0 Å². The number of rotatable bonds is 7. The largest absolute Gasteiger partial charge is 0.483 e. The minimum atomic E-state index is -0.0893. The highest BCUT2D eigenvalue weighted by atomic mass is 79.9. The summed E-state index contributed by atoms with van der Waals surface area (Å²) in [6.07, 6.45) is 5.02. The van der Waals surface area contributed by atoms with Gasteiger partial charge in [-0.2, -0.15) is 0 Å². The van der Waals surface area contributed by atoms with Crippen molar-refractivity contribution in [3.05, 3.63) is 27.7 Å². The van der Waals surface area contributed by atoms with E-state index < -0.39 is 0 Å². The van der Waals surface area contributed by atoms with Gasteiger partial charge in [-0.3, -0.25) is 4.79 Å². The monoisotopic (exact) mass is 403 g/mol. The Hall–Kier alpha value is -0.780. The first-order valence-corrected chi connectivity index (χ1v) is 9.42. The highest BCUT2D eigenvalue weighted by Gasteiger charge is 2.20. The number of hydrogen-bond donors (Lipinski definition) is 2. The van der Waals surface area contributed by atoms with E-state index >= 15 is 0 Å². The fourth-order valence-corrected chi connectivity index (χ4v) is 3.75. The second-order valence-electron chi connectivity index (χ2n) is 6.12. The van der Waals surface area contributed by atoms with E-state index in [1.54, 1.807) is 23.1 Å². The van der Waals surface area contributed by atoms with Crippen molar-refractivity contribution in [2.75, 3.05) is 26.2 Å². The lowest BCUT2D eigenvalue weighted by Crippen LogP contribution is -3.16. The summed E-state index contributed by atoms with van der Waals surface area (Å²) in [4.78, 5) is 13.5. The summed E-state index contributed by atoms with van der Waals surface area (Å²) in [5.41, 5.74) is 0. The lowest BCUT2D eigenvalue weighted by molar-refractivity contribution is -0.928. The number of piperidine rings is 1. The average Bonchev–Trinajstić information content (AvgIpc) is 2.52. The number of carbonyl (C=O) groups excluding carboxylic acids is 1. The van der Waals surface area contributed by atoms with Crippen LogP contribution in [-0.2, 0) is 4.79 Å². The Kier molecular flexibility index (Phi) is 7.66. The highest BCUT2D eigenvalue weighted by molar-refractivity contribution is 9.10. The first kappa shape index (κ1) is 18.6. The molecule has 4 nitrogen and oxygen atoms in total. The molecule has 1 unspecified atom stereocenters. The number of halogens is 2. The number of nitrogens with one attached hydrogen (secondary N) is 2. The average molecular weight is 405 g/mol. The van der Waals surface area contributed by atoms with Crippen LogP contribution in [0.5, 0.6) is 5.75 Å². The number of benzene rings is 1. The zero-order valence-electron chi connectivity index (χ0n) is 13.5. The van der Waals surface area contributed by atoms with Crippen molar-refractivity contribution in [1.82, 2.24) is 5.32 Å². The Bertz CT molecular complexity index is 527. The zero-order chi connectivity index (χ0) is 16.7. The van der Waals surface area contributed by atoms with Crippen LogP contribution in [0.15, 0.2) is 22.7 Å². The molecule has 6 heteroatoms. The Morgan fingerprint density at radius 3 is 3.04 bits per heavy atom. The molecule has 0 saturated carbocycles. The van der Waals surface area contributed by atoms with Crippen LogP contribution in [0.1, 0.15) is 32.6 Å². The van der Waals surface area contributed by atoms with E-state index in [9.17, 15) is 4.79 Å². The van der Waals surface area contributed by atoms with Crippen molar-refractivity contribution in [2.45, 2.75) is 38.6 Å². The molecule has 2 atom stereocenters. The smallest absolute Gasteiger partial charge is 0.257 e. The molecule has 1 saturated heterocycles. The van der Waals surface area contributed by atoms with Crippen LogP contribution in [-0.4, -0.2) is 38.2 Å². The quantitative estimate of drug-likeness (QED) is 0.686. The third-order valence-corrected chi connectivity index (χ3v) is 5.19. The van der Waals surface area contributed by atoms with Gasteiger partial charge in [0.2, 0.25) is 0 Å². The van der Waals surface area contributed by atoms with E-state index in [-0.39, 0.29) is 12.5 Å². The lowest BCUT2D eigenvalue weighted by atomic mass is 10.0. The summed E-state index contributed by atoms with van der Waals surface area (Å²) in [7, 11) is 0. The van der Waals surface area contributed by atoms with Gasteiger partial charge in [0.15, 0.2) is 6.61 Å². The normalized spacial score (nSPS) is 21.0. The third kappa shape index (κ3) is 6.32. The molecular formula is C17H25BrClN2O2+. The molecule has 23 heavy (non-hydrogen) atoms. The van der Waals surface area contributed by atoms with Gasteiger partial charge >= 0.3 is 0 Å². The first-order chi connectivity index (χ1) is 11.1. The van der Waals surface area contributed by atoms with Gasteiger partial charge in [0.25, 0.3) is 5.91 Å². The van der Waals surface area contributed by atoms with Gasteiger partial charge in [-0.05, 0) is 60.3 Å². The minimum absolute atomic E-state index is 0.0210. The summed E-state index contributed by atoms with van der Waals surface area (Å²) < 4.78 is 6.25. The molecule has 128 valence electrons. The molecule has 0 aliphatic carbocycles. The molecule has 0 aromatic heterocycles. The van der Waals surface area contributed by atoms with E-state index in [1.165, 1.54) is 25.8 Å². The topological polar surface area (TPSA) is 42.8 Å². The second kappa shape index (κ2) is 9.50. The van der Waals surface area contributed by atoms with Gasteiger partial charge in [0, 0.05) is 18.0 Å². The zero-order valence-corrected chi connectivity index (χ0v) is 15.9. The molecule has 1 aromatic carbocycles. The predicted octanol–water partition coefficient (Wildman–Crippen LogP) is 2.44. The number of quaternary nitrogens is 1. The number of ether oxygens (including phenoxy) is 1. The van der Waals surface area contributed by atoms with Crippen LogP contribution in [0.2, 0.25) is 5.02 Å². The van der Waals surface area contributed by atoms with Gasteiger partial charge < -0.3 is 15.0 Å². The molecule has 1 heterocycles. The molecular weight excluding hydrogens is 380 g/mol. The van der Waals surface area contributed by atoms with Gasteiger partial charge in [-0.25, -0.2) is 0 Å². The first-order valence-electron chi connectivity index (χ1n) is 8.25. The number of carbonyl (C=O) groups is 1. The summed E-state index contributed by atoms with van der Waals surface area (Å²) in [5.74, 6) is 0.532. The maximum Gasteiger partial charge on any atom is 0.257 e. The fourth-order valence-electron chi connectivity index (χ4n) is 2.95. The molecule has 1 aliphatic rings. The predicted molar refractivity (Wildman–Crippen MR) is 96.3 cm³/mol. The third-order valence-electron chi connectivity index (χ3n) is 4.33. The van der Waals surface area contributed by atoms with Crippen molar-refractivity contribution in [3.8, 4) is 5.75 Å². The van der Waals surface area contributed by atoms with Crippen LogP contribution in [0.3, 0.4) is 0 Å². The highest BCUT2D eigenvalue weighted by Crippen LogP contribution is 2.27. The molecule has 0 spiro atoms. The number of hydrogen-bond acceptors (Lipinski definition) is 2. The fraction of sp³-hybridized carbons (Fsp3) is 0.588. The Labute approximate surface area is 151 Å². The number of amides is 1. The van der Waals surface area contributed by atoms with Crippen molar-refractivity contribution in [2.24, 2.45) is 0 Å².